The summed E-state index contributed by atoms with van der Waals surface area (Å²) in [5.74, 6) is 2.09. The number of hydrogen-bond acceptors (Lipinski definition) is 6. The van der Waals surface area contributed by atoms with Gasteiger partial charge in [0.1, 0.15) is 12.4 Å². The Labute approximate surface area is 183 Å². The van der Waals surface area contributed by atoms with Gasteiger partial charge in [0.2, 0.25) is 0 Å². The van der Waals surface area contributed by atoms with Crippen molar-refractivity contribution in [3.63, 3.8) is 0 Å². The zero-order valence-corrected chi connectivity index (χ0v) is 18.0. The van der Waals surface area contributed by atoms with Crippen LogP contribution >= 0.6 is 0 Å². The zero-order chi connectivity index (χ0) is 22.1. The highest BCUT2D eigenvalue weighted by Gasteiger charge is 2.31. The normalized spacial score (nSPS) is 15.5. The number of ether oxygens (including phenoxy) is 5. The number of methoxy groups -OCH3 is 2. The minimum absolute atomic E-state index is 0.298. The molecule has 0 aliphatic carbocycles. The summed E-state index contributed by atoms with van der Waals surface area (Å²) in [6, 6.07) is 13.4. The minimum atomic E-state index is -0.316. The molecule has 1 atom stereocenters. The lowest BCUT2D eigenvalue weighted by Crippen LogP contribution is -2.28. The molecule has 1 aliphatic rings. The average molecular weight is 427 g/mol. The molecule has 166 valence electrons. The maximum Gasteiger partial charge on any atom is 0.410 e. The van der Waals surface area contributed by atoms with E-state index in [1.54, 1.807) is 25.2 Å². The zero-order valence-electron chi connectivity index (χ0n) is 18.0. The van der Waals surface area contributed by atoms with Crippen LogP contribution in [0.2, 0.25) is 0 Å². The van der Waals surface area contributed by atoms with Gasteiger partial charge in [0.25, 0.3) is 0 Å². The fourth-order valence-electron chi connectivity index (χ4n) is 3.28. The van der Waals surface area contributed by atoms with Crippen molar-refractivity contribution in [1.29, 1.82) is 0 Å². The first kappa shape index (κ1) is 22.5. The lowest BCUT2D eigenvalue weighted by Gasteiger charge is -2.14. The Balaban J connectivity index is 1.44. The third-order valence-electron chi connectivity index (χ3n) is 4.93. The molecule has 3 rings (SSSR count). The molecule has 1 fully saturated rings. The number of cyclic esters (lactones) is 1. The van der Waals surface area contributed by atoms with Crippen LogP contribution in [-0.2, 0) is 22.5 Å². The molecule has 1 unspecified atom stereocenters. The molecule has 1 amide bonds. The van der Waals surface area contributed by atoms with Crippen LogP contribution in [0.4, 0.5) is 4.79 Å². The Morgan fingerprint density at radius 1 is 1.10 bits per heavy atom. The van der Waals surface area contributed by atoms with Crippen LogP contribution in [0.15, 0.2) is 55.1 Å². The molecular formula is C24H29NO6. The van der Waals surface area contributed by atoms with E-state index < -0.39 is 0 Å². The third-order valence-corrected chi connectivity index (χ3v) is 4.93. The Morgan fingerprint density at radius 3 is 2.55 bits per heavy atom. The number of carbonyl (C=O) groups excluding carboxylic acids is 1. The number of rotatable bonds is 12. The molecule has 0 spiro atoms. The molecule has 31 heavy (non-hydrogen) atoms. The molecule has 7 heteroatoms. The van der Waals surface area contributed by atoms with Gasteiger partial charge in [-0.2, -0.15) is 0 Å². The standard InChI is InChI=1S/C24H29NO6/c1-4-13-29-16-19-5-8-20(9-6-19)30-17-21-15-25(24(26)31-21)12-11-18-7-10-22(27-2)23(14-18)28-3/h4-10,14,21H,1,11-13,15-17H2,2-3H3. The lowest BCUT2D eigenvalue weighted by atomic mass is 10.1. The molecule has 0 aromatic heterocycles. The summed E-state index contributed by atoms with van der Waals surface area (Å²) in [7, 11) is 3.21. The van der Waals surface area contributed by atoms with Gasteiger partial charge in [-0.05, 0) is 41.8 Å². The van der Waals surface area contributed by atoms with Gasteiger partial charge in [0, 0.05) is 6.54 Å². The highest BCUT2D eigenvalue weighted by molar-refractivity contribution is 5.69. The quantitative estimate of drug-likeness (QED) is 0.379. The van der Waals surface area contributed by atoms with Crippen LogP contribution in [0.1, 0.15) is 11.1 Å². The van der Waals surface area contributed by atoms with Crippen molar-refractivity contribution in [2.75, 3.05) is 40.5 Å². The number of hydrogen-bond donors (Lipinski definition) is 0. The van der Waals surface area contributed by atoms with Crippen molar-refractivity contribution < 1.29 is 28.5 Å². The van der Waals surface area contributed by atoms with Crippen LogP contribution in [0.5, 0.6) is 17.2 Å². The number of carbonyl (C=O) groups is 1. The minimum Gasteiger partial charge on any atom is -0.493 e. The molecule has 0 saturated carbocycles. The van der Waals surface area contributed by atoms with E-state index in [0.29, 0.717) is 50.8 Å². The van der Waals surface area contributed by atoms with Crippen molar-refractivity contribution in [1.82, 2.24) is 4.90 Å². The Kier molecular flexibility index (Phi) is 8.18. The van der Waals surface area contributed by atoms with Gasteiger partial charge in [0.05, 0.1) is 34.0 Å². The molecular weight excluding hydrogens is 398 g/mol. The van der Waals surface area contributed by atoms with Crippen LogP contribution < -0.4 is 14.2 Å². The van der Waals surface area contributed by atoms with E-state index in [-0.39, 0.29) is 12.2 Å². The van der Waals surface area contributed by atoms with Gasteiger partial charge in [-0.25, -0.2) is 4.79 Å². The number of benzene rings is 2. The van der Waals surface area contributed by atoms with Crippen LogP contribution in [0.25, 0.3) is 0 Å². The topological polar surface area (TPSA) is 66.5 Å². The van der Waals surface area contributed by atoms with E-state index in [0.717, 1.165) is 16.9 Å². The van der Waals surface area contributed by atoms with Crippen LogP contribution in [-0.4, -0.2) is 57.6 Å². The van der Waals surface area contributed by atoms with Crippen LogP contribution in [0.3, 0.4) is 0 Å². The summed E-state index contributed by atoms with van der Waals surface area (Å²) in [6.07, 6.45) is 1.80. The average Bonchev–Trinajstić information content (AvgIpc) is 3.16. The summed E-state index contributed by atoms with van der Waals surface area (Å²) >= 11 is 0. The van der Waals surface area contributed by atoms with Gasteiger partial charge in [-0.15, -0.1) is 6.58 Å². The molecule has 2 aromatic rings. The van der Waals surface area contributed by atoms with Gasteiger partial charge >= 0.3 is 6.09 Å². The van der Waals surface area contributed by atoms with E-state index in [1.807, 2.05) is 42.5 Å². The van der Waals surface area contributed by atoms with Crippen LogP contribution in [0, 0.1) is 0 Å². The Bertz CT molecular complexity index is 867. The maximum atomic E-state index is 12.2. The van der Waals surface area contributed by atoms with E-state index in [9.17, 15) is 4.79 Å². The lowest BCUT2D eigenvalue weighted by molar-refractivity contribution is 0.103. The first-order chi connectivity index (χ1) is 15.1. The Morgan fingerprint density at radius 2 is 1.84 bits per heavy atom. The smallest absolute Gasteiger partial charge is 0.410 e. The molecule has 0 N–H and O–H groups in total. The second-order valence-corrected chi connectivity index (χ2v) is 7.15. The van der Waals surface area contributed by atoms with Gasteiger partial charge in [-0.1, -0.05) is 24.3 Å². The molecule has 2 aromatic carbocycles. The molecule has 0 radical (unpaired) electrons. The first-order valence-corrected chi connectivity index (χ1v) is 10.2. The van der Waals surface area contributed by atoms with E-state index in [4.69, 9.17) is 23.7 Å². The van der Waals surface area contributed by atoms with Crippen molar-refractivity contribution in [2.24, 2.45) is 0 Å². The Hall–Kier alpha value is -3.19. The monoisotopic (exact) mass is 427 g/mol. The molecule has 1 saturated heterocycles. The van der Waals surface area contributed by atoms with Crippen molar-refractivity contribution >= 4 is 6.09 Å². The van der Waals surface area contributed by atoms with E-state index >= 15 is 0 Å². The SMILES string of the molecule is C=CCOCc1ccc(OCC2CN(CCc3ccc(OC)c(OC)c3)C(=O)O2)cc1. The fourth-order valence-corrected chi connectivity index (χ4v) is 3.28. The van der Waals surface area contributed by atoms with Gasteiger partial charge in [-0.3, -0.25) is 0 Å². The number of amides is 1. The molecule has 0 bridgehead atoms. The summed E-state index contributed by atoms with van der Waals surface area (Å²) in [5, 5.41) is 0. The third kappa shape index (κ3) is 6.39. The first-order valence-electron chi connectivity index (χ1n) is 10.2. The predicted octanol–water partition coefficient (Wildman–Crippen LogP) is 3.85. The highest BCUT2D eigenvalue weighted by atomic mass is 16.6. The van der Waals surface area contributed by atoms with Gasteiger partial charge < -0.3 is 28.6 Å². The molecule has 1 aliphatic heterocycles. The second kappa shape index (κ2) is 11.3. The molecule has 7 nitrogen and oxygen atoms in total. The largest absolute Gasteiger partial charge is 0.493 e. The second-order valence-electron chi connectivity index (χ2n) is 7.15. The highest BCUT2D eigenvalue weighted by Crippen LogP contribution is 2.28. The predicted molar refractivity (Wildman–Crippen MR) is 117 cm³/mol. The van der Waals surface area contributed by atoms with E-state index in [2.05, 4.69) is 6.58 Å². The molecule has 1 heterocycles. The fraction of sp³-hybridized carbons (Fsp3) is 0.375. The maximum absolute atomic E-state index is 12.2. The number of nitrogens with zero attached hydrogens (tertiary/aromatic N) is 1. The van der Waals surface area contributed by atoms with Crippen molar-refractivity contribution in [3.05, 3.63) is 66.2 Å². The van der Waals surface area contributed by atoms with Crippen molar-refractivity contribution in [3.8, 4) is 17.2 Å². The summed E-state index contributed by atoms with van der Waals surface area (Å²) < 4.78 is 27.2. The summed E-state index contributed by atoms with van der Waals surface area (Å²) in [6.45, 7) is 6.05. The van der Waals surface area contributed by atoms with Crippen molar-refractivity contribution in [2.45, 2.75) is 19.1 Å². The summed E-state index contributed by atoms with van der Waals surface area (Å²) in [4.78, 5) is 13.9. The van der Waals surface area contributed by atoms with E-state index in [1.165, 1.54) is 0 Å². The summed E-state index contributed by atoms with van der Waals surface area (Å²) in [5.41, 5.74) is 2.12. The van der Waals surface area contributed by atoms with Gasteiger partial charge in [0.15, 0.2) is 17.6 Å².